The van der Waals surface area contributed by atoms with E-state index < -0.39 is 0 Å². The summed E-state index contributed by atoms with van der Waals surface area (Å²) in [4.78, 5) is 12.1. The summed E-state index contributed by atoms with van der Waals surface area (Å²) >= 11 is 0. The molecule has 0 atom stereocenters. The van der Waals surface area contributed by atoms with Crippen LogP contribution in [-0.2, 0) is 11.2 Å². The highest BCUT2D eigenvalue weighted by Crippen LogP contribution is 2.19. The van der Waals surface area contributed by atoms with E-state index in [-0.39, 0.29) is 5.91 Å². The van der Waals surface area contributed by atoms with Crippen molar-refractivity contribution < 1.29 is 9.53 Å². The number of anilines is 1. The molecule has 0 fully saturated rings. The van der Waals surface area contributed by atoms with Gasteiger partial charge >= 0.3 is 0 Å². The van der Waals surface area contributed by atoms with Crippen LogP contribution in [0.5, 0.6) is 5.75 Å². The first-order chi connectivity index (χ1) is 11.7. The molecule has 7 nitrogen and oxygen atoms in total. The molecule has 0 radical (unpaired) electrons. The molecule has 122 valence electrons. The molecule has 0 aliphatic carbocycles. The number of aromatic amines is 1. The number of methoxy groups -OCH3 is 1. The monoisotopic (exact) mass is 323 g/mol. The lowest BCUT2D eigenvalue weighted by Crippen LogP contribution is -2.12. The van der Waals surface area contributed by atoms with Gasteiger partial charge in [-0.3, -0.25) is 4.79 Å². The lowest BCUT2D eigenvalue weighted by molar-refractivity contribution is -0.116. The highest BCUT2D eigenvalue weighted by Gasteiger charge is 2.07. The summed E-state index contributed by atoms with van der Waals surface area (Å²) in [5.74, 6) is 1.23. The first-order valence-corrected chi connectivity index (χ1v) is 7.51. The maximum Gasteiger partial charge on any atom is 0.224 e. The Morgan fingerprint density at radius 2 is 2.08 bits per heavy atom. The zero-order valence-corrected chi connectivity index (χ0v) is 13.2. The maximum atomic E-state index is 12.1. The number of carbonyl (C=O) groups is 1. The molecule has 0 aliphatic heterocycles. The fourth-order valence-electron chi connectivity index (χ4n) is 2.33. The van der Waals surface area contributed by atoms with Crippen LogP contribution in [0.15, 0.2) is 48.5 Å². The first-order valence-electron chi connectivity index (χ1n) is 7.51. The van der Waals surface area contributed by atoms with E-state index in [2.05, 4.69) is 25.9 Å². The van der Waals surface area contributed by atoms with Gasteiger partial charge in [0.05, 0.1) is 7.11 Å². The van der Waals surface area contributed by atoms with Crippen molar-refractivity contribution in [1.29, 1.82) is 0 Å². The number of aryl methyl sites for hydroxylation is 1. The maximum absolute atomic E-state index is 12.1. The van der Waals surface area contributed by atoms with Gasteiger partial charge < -0.3 is 10.1 Å². The number of hydrogen-bond donors (Lipinski definition) is 2. The summed E-state index contributed by atoms with van der Waals surface area (Å²) in [6.07, 6.45) is 1.03. The van der Waals surface area contributed by atoms with Gasteiger partial charge in [0.15, 0.2) is 0 Å². The topological polar surface area (TPSA) is 92.8 Å². The number of ether oxygens (including phenoxy) is 1. The van der Waals surface area contributed by atoms with Gasteiger partial charge in [0.25, 0.3) is 0 Å². The molecule has 24 heavy (non-hydrogen) atoms. The quantitative estimate of drug-likeness (QED) is 0.727. The second-order valence-electron chi connectivity index (χ2n) is 5.22. The van der Waals surface area contributed by atoms with E-state index in [1.54, 1.807) is 7.11 Å². The van der Waals surface area contributed by atoms with E-state index in [1.807, 2.05) is 48.5 Å². The third-order valence-electron chi connectivity index (χ3n) is 3.52. The summed E-state index contributed by atoms with van der Waals surface area (Å²) in [5.41, 5.74) is 2.55. The highest BCUT2D eigenvalue weighted by atomic mass is 16.5. The molecule has 0 saturated heterocycles. The minimum absolute atomic E-state index is 0.0527. The lowest BCUT2D eigenvalue weighted by Gasteiger charge is -2.07. The lowest BCUT2D eigenvalue weighted by atomic mass is 10.1. The Morgan fingerprint density at radius 3 is 2.88 bits per heavy atom. The summed E-state index contributed by atoms with van der Waals surface area (Å²) in [7, 11) is 1.63. The van der Waals surface area contributed by atoms with Crippen molar-refractivity contribution in [2.24, 2.45) is 0 Å². The van der Waals surface area contributed by atoms with Crippen molar-refractivity contribution in [3.05, 3.63) is 54.1 Å². The van der Waals surface area contributed by atoms with Crippen LogP contribution in [0, 0.1) is 0 Å². The predicted molar refractivity (Wildman–Crippen MR) is 89.6 cm³/mol. The largest absolute Gasteiger partial charge is 0.497 e. The van der Waals surface area contributed by atoms with Crippen molar-refractivity contribution in [2.45, 2.75) is 12.8 Å². The number of carbonyl (C=O) groups excluding carboxylic acids is 1. The fourth-order valence-corrected chi connectivity index (χ4v) is 2.33. The molecule has 0 bridgehead atoms. The Hall–Kier alpha value is -3.22. The third-order valence-corrected chi connectivity index (χ3v) is 3.52. The highest BCUT2D eigenvalue weighted by molar-refractivity contribution is 5.91. The van der Waals surface area contributed by atoms with Crippen LogP contribution < -0.4 is 10.1 Å². The Labute approximate surface area is 139 Å². The van der Waals surface area contributed by atoms with E-state index in [1.165, 1.54) is 0 Å². The predicted octanol–water partition coefficient (Wildman–Crippen LogP) is 2.45. The molecule has 0 unspecified atom stereocenters. The van der Waals surface area contributed by atoms with Crippen LogP contribution in [0.3, 0.4) is 0 Å². The van der Waals surface area contributed by atoms with Crippen molar-refractivity contribution in [3.8, 4) is 17.1 Å². The zero-order valence-electron chi connectivity index (χ0n) is 13.2. The van der Waals surface area contributed by atoms with E-state index in [0.29, 0.717) is 24.4 Å². The Morgan fingerprint density at radius 1 is 1.21 bits per heavy atom. The number of tetrazole rings is 1. The molecule has 0 aliphatic rings. The second kappa shape index (κ2) is 7.36. The minimum atomic E-state index is -0.0527. The third kappa shape index (κ3) is 3.95. The van der Waals surface area contributed by atoms with Gasteiger partial charge in [0.2, 0.25) is 11.7 Å². The average molecular weight is 323 g/mol. The summed E-state index contributed by atoms with van der Waals surface area (Å²) in [5, 5.41) is 16.7. The number of aromatic nitrogens is 4. The standard InChI is InChI=1S/C17H17N5O2/c1-24-15-7-2-4-12(10-15)8-9-16(23)18-14-6-3-5-13(11-14)17-19-21-22-20-17/h2-7,10-11H,8-9H2,1H3,(H,18,23)(H,19,20,21,22). The zero-order chi connectivity index (χ0) is 16.8. The van der Waals surface area contributed by atoms with Crippen molar-refractivity contribution in [3.63, 3.8) is 0 Å². The van der Waals surface area contributed by atoms with Crippen LogP contribution in [0.2, 0.25) is 0 Å². The number of hydrogen-bond acceptors (Lipinski definition) is 5. The van der Waals surface area contributed by atoms with Gasteiger partial charge in [-0.05, 0) is 41.5 Å². The molecule has 3 rings (SSSR count). The summed E-state index contributed by atoms with van der Waals surface area (Å²) < 4.78 is 5.19. The number of amides is 1. The molecule has 1 amide bonds. The number of nitrogens with one attached hydrogen (secondary N) is 2. The molecule has 0 saturated carbocycles. The molecule has 0 spiro atoms. The number of rotatable bonds is 6. The van der Waals surface area contributed by atoms with Crippen molar-refractivity contribution in [1.82, 2.24) is 20.6 Å². The van der Waals surface area contributed by atoms with Crippen LogP contribution in [0.1, 0.15) is 12.0 Å². The van der Waals surface area contributed by atoms with Crippen LogP contribution >= 0.6 is 0 Å². The Kier molecular flexibility index (Phi) is 4.81. The summed E-state index contributed by atoms with van der Waals surface area (Å²) in [6.45, 7) is 0. The van der Waals surface area contributed by atoms with Gasteiger partial charge in [-0.25, -0.2) is 0 Å². The number of nitrogens with zero attached hydrogens (tertiary/aromatic N) is 3. The molecule has 2 N–H and O–H groups in total. The average Bonchev–Trinajstić information content (AvgIpc) is 3.15. The van der Waals surface area contributed by atoms with E-state index in [0.717, 1.165) is 16.9 Å². The summed E-state index contributed by atoms with van der Waals surface area (Å²) in [6, 6.07) is 15.0. The van der Waals surface area contributed by atoms with E-state index in [4.69, 9.17) is 4.74 Å². The normalized spacial score (nSPS) is 10.4. The van der Waals surface area contributed by atoms with Gasteiger partial charge in [-0.1, -0.05) is 24.3 Å². The van der Waals surface area contributed by atoms with Gasteiger partial charge in [-0.15, -0.1) is 10.2 Å². The molecule has 7 heteroatoms. The van der Waals surface area contributed by atoms with Crippen LogP contribution in [0.4, 0.5) is 5.69 Å². The van der Waals surface area contributed by atoms with Gasteiger partial charge in [0, 0.05) is 17.7 Å². The first kappa shape index (κ1) is 15.7. The molecule has 1 heterocycles. The van der Waals surface area contributed by atoms with Crippen LogP contribution in [-0.4, -0.2) is 33.6 Å². The molecular formula is C17H17N5O2. The Bertz CT molecular complexity index is 817. The minimum Gasteiger partial charge on any atom is -0.497 e. The number of benzene rings is 2. The van der Waals surface area contributed by atoms with Crippen molar-refractivity contribution in [2.75, 3.05) is 12.4 Å². The molecule has 1 aromatic heterocycles. The SMILES string of the molecule is COc1cccc(CCC(=O)Nc2cccc(-c3nn[nH]n3)c2)c1. The molecule has 2 aromatic carbocycles. The van der Waals surface area contributed by atoms with Crippen molar-refractivity contribution >= 4 is 11.6 Å². The molecule has 3 aromatic rings. The van der Waals surface area contributed by atoms with Gasteiger partial charge in [-0.2, -0.15) is 5.21 Å². The fraction of sp³-hybridized carbons (Fsp3) is 0.176. The number of H-pyrrole nitrogens is 1. The van der Waals surface area contributed by atoms with Crippen LogP contribution in [0.25, 0.3) is 11.4 Å². The smallest absolute Gasteiger partial charge is 0.224 e. The molecular weight excluding hydrogens is 306 g/mol. The second-order valence-corrected chi connectivity index (χ2v) is 5.22. The van der Waals surface area contributed by atoms with E-state index in [9.17, 15) is 4.79 Å². The Balaban J connectivity index is 1.59. The van der Waals surface area contributed by atoms with Gasteiger partial charge in [0.1, 0.15) is 5.75 Å². The van der Waals surface area contributed by atoms with E-state index >= 15 is 0 Å².